The maximum atomic E-state index is 10.7. The highest BCUT2D eigenvalue weighted by atomic mass is 15.0. The van der Waals surface area contributed by atoms with E-state index in [1.54, 1.807) is 0 Å². The molecule has 0 atom stereocenters. The lowest BCUT2D eigenvalue weighted by Crippen LogP contribution is -2.03. The Labute approximate surface area is 316 Å². The molecule has 3 heterocycles. The second-order valence-corrected chi connectivity index (χ2v) is 13.9. The lowest BCUT2D eigenvalue weighted by molar-refractivity contribution is 1.15. The Morgan fingerprint density at radius 2 is 0.836 bits per heavy atom. The van der Waals surface area contributed by atoms with Crippen LogP contribution < -0.4 is 0 Å². The van der Waals surface area contributed by atoms with Gasteiger partial charge in [-0.1, -0.05) is 109 Å². The molecule has 0 bridgehead atoms. The first-order valence-corrected chi connectivity index (χ1v) is 18.3. The zero-order valence-electron chi connectivity index (χ0n) is 29.5. The van der Waals surface area contributed by atoms with Gasteiger partial charge in [-0.2, -0.15) is 10.5 Å². The van der Waals surface area contributed by atoms with Crippen molar-refractivity contribution in [2.45, 2.75) is 0 Å². The highest BCUT2D eigenvalue weighted by molar-refractivity contribution is 6.14. The monoisotopic (exact) mass is 699 g/mol. The number of hydrogen-bond donors (Lipinski definition) is 0. The van der Waals surface area contributed by atoms with E-state index in [4.69, 9.17) is 0 Å². The van der Waals surface area contributed by atoms with Crippen molar-refractivity contribution in [1.82, 2.24) is 13.7 Å². The summed E-state index contributed by atoms with van der Waals surface area (Å²) in [6, 6.07) is 65.9. The molecule has 5 nitrogen and oxygen atoms in total. The Morgan fingerprint density at radius 1 is 0.345 bits per heavy atom. The van der Waals surface area contributed by atoms with Crippen molar-refractivity contribution in [2.75, 3.05) is 0 Å². The second-order valence-electron chi connectivity index (χ2n) is 13.9. The van der Waals surface area contributed by atoms with E-state index in [1.165, 1.54) is 21.8 Å². The SMILES string of the molecule is N#Cc1cccc(-c2ccccc2-n2c3ccccc3c3cc(-n4c5ccccc5c5ccccc54)ccc32)c1-n1c2ccccc2c2c(C#N)cccc21. The fraction of sp³-hybridized carbons (Fsp3) is 0. The second kappa shape index (κ2) is 11.8. The molecule has 0 aliphatic rings. The summed E-state index contributed by atoms with van der Waals surface area (Å²) in [7, 11) is 0. The van der Waals surface area contributed by atoms with Crippen LogP contribution in [0.2, 0.25) is 0 Å². The molecule has 0 saturated heterocycles. The summed E-state index contributed by atoms with van der Waals surface area (Å²) in [4.78, 5) is 0. The molecule has 0 aliphatic heterocycles. The van der Waals surface area contributed by atoms with Gasteiger partial charge in [0.05, 0.1) is 61.7 Å². The van der Waals surface area contributed by atoms with E-state index in [0.717, 1.165) is 71.8 Å². The Balaban J connectivity index is 1.19. The predicted molar refractivity (Wildman–Crippen MR) is 224 cm³/mol. The van der Waals surface area contributed by atoms with Crippen molar-refractivity contribution in [3.05, 3.63) is 187 Å². The van der Waals surface area contributed by atoms with Gasteiger partial charge in [0.2, 0.25) is 0 Å². The van der Waals surface area contributed by atoms with Crippen LogP contribution in [0.25, 0.3) is 93.6 Å². The first-order valence-electron chi connectivity index (χ1n) is 18.3. The molecule has 0 spiro atoms. The van der Waals surface area contributed by atoms with Gasteiger partial charge >= 0.3 is 0 Å². The summed E-state index contributed by atoms with van der Waals surface area (Å²) in [6.45, 7) is 0. The molecular formula is C50H29N5. The van der Waals surface area contributed by atoms with Crippen molar-refractivity contribution >= 4 is 65.4 Å². The van der Waals surface area contributed by atoms with Crippen molar-refractivity contribution in [2.24, 2.45) is 0 Å². The van der Waals surface area contributed by atoms with Crippen LogP contribution in [0.5, 0.6) is 0 Å². The normalized spacial score (nSPS) is 11.6. The lowest BCUT2D eigenvalue weighted by atomic mass is 9.98. The van der Waals surface area contributed by atoms with Gasteiger partial charge in [-0.25, -0.2) is 0 Å². The van der Waals surface area contributed by atoms with Crippen molar-refractivity contribution in [3.8, 4) is 40.3 Å². The van der Waals surface area contributed by atoms with E-state index in [0.29, 0.717) is 11.1 Å². The molecule has 55 heavy (non-hydrogen) atoms. The van der Waals surface area contributed by atoms with Crippen LogP contribution in [0.15, 0.2) is 176 Å². The Bertz CT molecular complexity index is 3420. The van der Waals surface area contributed by atoms with E-state index in [9.17, 15) is 10.5 Å². The van der Waals surface area contributed by atoms with Crippen LogP contribution in [-0.4, -0.2) is 13.7 Å². The third-order valence-electron chi connectivity index (χ3n) is 11.1. The van der Waals surface area contributed by atoms with Gasteiger partial charge in [-0.15, -0.1) is 0 Å². The summed E-state index contributed by atoms with van der Waals surface area (Å²) < 4.78 is 6.89. The van der Waals surface area contributed by atoms with Crippen LogP contribution >= 0.6 is 0 Å². The van der Waals surface area contributed by atoms with E-state index >= 15 is 0 Å². The first-order chi connectivity index (χ1) is 27.2. The van der Waals surface area contributed by atoms with Crippen LogP contribution in [0.1, 0.15) is 11.1 Å². The maximum Gasteiger partial charge on any atom is 0.101 e. The Kier molecular flexibility index (Phi) is 6.61. The average Bonchev–Trinajstić information content (AvgIpc) is 3.89. The molecule has 0 aliphatic carbocycles. The predicted octanol–water partition coefficient (Wildman–Crippen LogP) is 12.4. The summed E-state index contributed by atoms with van der Waals surface area (Å²) >= 11 is 0. The van der Waals surface area contributed by atoms with Gasteiger partial charge in [-0.05, 0) is 66.7 Å². The first kappa shape index (κ1) is 30.7. The smallest absolute Gasteiger partial charge is 0.101 e. The zero-order chi connectivity index (χ0) is 36.6. The number of aromatic nitrogens is 3. The highest BCUT2D eigenvalue weighted by Crippen LogP contribution is 2.43. The molecule has 3 aromatic heterocycles. The van der Waals surface area contributed by atoms with Gasteiger partial charge in [0.1, 0.15) is 6.07 Å². The van der Waals surface area contributed by atoms with Gasteiger partial charge in [0.25, 0.3) is 0 Å². The number of para-hydroxylation sites is 6. The molecule has 0 amide bonds. The fourth-order valence-electron chi connectivity index (χ4n) is 8.90. The average molecular weight is 700 g/mol. The minimum atomic E-state index is 0.551. The number of benzene rings is 8. The number of rotatable bonds is 4. The van der Waals surface area contributed by atoms with E-state index in [-0.39, 0.29) is 0 Å². The number of nitrogens with zero attached hydrogens (tertiary/aromatic N) is 5. The topological polar surface area (TPSA) is 62.4 Å². The molecule has 8 aromatic carbocycles. The molecule has 0 N–H and O–H groups in total. The lowest BCUT2D eigenvalue weighted by Gasteiger charge is -2.19. The molecule has 254 valence electrons. The Morgan fingerprint density at radius 3 is 1.53 bits per heavy atom. The van der Waals surface area contributed by atoms with Gasteiger partial charge < -0.3 is 13.7 Å². The molecule has 11 aromatic rings. The molecule has 11 rings (SSSR count). The quantitative estimate of drug-likeness (QED) is 0.184. The van der Waals surface area contributed by atoms with Crippen molar-refractivity contribution in [1.29, 1.82) is 10.5 Å². The molecule has 0 saturated carbocycles. The van der Waals surface area contributed by atoms with Crippen LogP contribution in [0.3, 0.4) is 0 Å². The van der Waals surface area contributed by atoms with E-state index in [1.807, 2.05) is 42.5 Å². The molecular weight excluding hydrogens is 671 g/mol. The summed E-state index contributed by atoms with van der Waals surface area (Å²) in [6.07, 6.45) is 0. The summed E-state index contributed by atoms with van der Waals surface area (Å²) in [5, 5.41) is 27.5. The number of hydrogen-bond acceptors (Lipinski definition) is 2. The summed E-state index contributed by atoms with van der Waals surface area (Å²) in [5.41, 5.74) is 12.3. The Hall–Kier alpha value is -7.86. The molecule has 0 radical (unpaired) electrons. The highest BCUT2D eigenvalue weighted by Gasteiger charge is 2.23. The number of fused-ring (bicyclic) bond motifs is 9. The maximum absolute atomic E-state index is 10.7. The zero-order valence-corrected chi connectivity index (χ0v) is 29.5. The van der Waals surface area contributed by atoms with Crippen molar-refractivity contribution in [3.63, 3.8) is 0 Å². The molecule has 5 heteroatoms. The standard InChI is InChI=1S/C50H29N5/c51-30-32-13-12-26-48-49(32)40-19-5-10-25-46(40)55(48)50-33(31-52)14-11-20-39(50)37-17-3-8-23-44(37)54-45-24-9-4-18-38(45)41-29-34(27-28-47(41)54)53-42-21-6-1-15-35(42)36-16-2-7-22-43(36)53/h1-29H. The molecule has 0 unspecified atom stereocenters. The third kappa shape index (κ3) is 4.33. The minimum Gasteiger partial charge on any atom is -0.309 e. The van der Waals surface area contributed by atoms with Gasteiger partial charge in [0, 0.05) is 49.1 Å². The van der Waals surface area contributed by atoms with E-state index in [2.05, 4.69) is 159 Å². The molecule has 0 fully saturated rings. The summed E-state index contributed by atoms with van der Waals surface area (Å²) in [5.74, 6) is 0. The van der Waals surface area contributed by atoms with Crippen LogP contribution in [0.4, 0.5) is 0 Å². The third-order valence-corrected chi connectivity index (χ3v) is 11.1. The fourth-order valence-corrected chi connectivity index (χ4v) is 8.90. The van der Waals surface area contributed by atoms with Gasteiger partial charge in [-0.3, -0.25) is 0 Å². The van der Waals surface area contributed by atoms with Crippen molar-refractivity contribution < 1.29 is 0 Å². The largest absolute Gasteiger partial charge is 0.309 e. The minimum absolute atomic E-state index is 0.551. The number of nitriles is 2. The van der Waals surface area contributed by atoms with E-state index < -0.39 is 0 Å². The van der Waals surface area contributed by atoms with Crippen LogP contribution in [0, 0.1) is 22.7 Å². The van der Waals surface area contributed by atoms with Crippen LogP contribution in [-0.2, 0) is 0 Å². The van der Waals surface area contributed by atoms with Gasteiger partial charge in [0.15, 0.2) is 0 Å².